The zero-order valence-electron chi connectivity index (χ0n) is 23.4. The minimum absolute atomic E-state index is 1.03. The molecule has 0 aromatic heterocycles. The van der Waals surface area contributed by atoms with Crippen molar-refractivity contribution in [3.05, 3.63) is 178 Å². The van der Waals surface area contributed by atoms with Crippen LogP contribution in [-0.4, -0.2) is 0 Å². The number of hydrogen-bond acceptors (Lipinski definition) is 0. The third kappa shape index (κ3) is 4.62. The molecule has 6 aromatic rings. The molecule has 0 bridgehead atoms. The summed E-state index contributed by atoms with van der Waals surface area (Å²) in [5.41, 5.74) is 18.6. The highest BCUT2D eigenvalue weighted by atomic mass is 14.2. The van der Waals surface area contributed by atoms with Gasteiger partial charge >= 0.3 is 0 Å². The highest BCUT2D eigenvalue weighted by Crippen LogP contribution is 2.38. The normalized spacial score (nSPS) is 12.9. The van der Waals surface area contributed by atoms with Gasteiger partial charge < -0.3 is 0 Å². The van der Waals surface area contributed by atoms with Crippen LogP contribution in [0.5, 0.6) is 0 Å². The van der Waals surface area contributed by atoms with Gasteiger partial charge in [-0.05, 0) is 90.7 Å². The van der Waals surface area contributed by atoms with Gasteiger partial charge in [-0.3, -0.25) is 0 Å². The number of rotatable bonds is 5. The second-order valence-corrected chi connectivity index (χ2v) is 11.4. The van der Waals surface area contributed by atoms with Gasteiger partial charge in [0.1, 0.15) is 0 Å². The van der Waals surface area contributed by atoms with E-state index in [0.717, 1.165) is 12.8 Å². The lowest BCUT2D eigenvalue weighted by molar-refractivity contribution is 1.26. The van der Waals surface area contributed by atoms with E-state index in [1.807, 2.05) is 0 Å². The average Bonchev–Trinajstić information content (AvgIpc) is 3.61. The van der Waals surface area contributed by atoms with Crippen molar-refractivity contribution in [1.82, 2.24) is 0 Å². The second kappa shape index (κ2) is 10.3. The van der Waals surface area contributed by atoms with Crippen molar-refractivity contribution < 1.29 is 0 Å². The van der Waals surface area contributed by atoms with E-state index < -0.39 is 0 Å². The molecule has 0 N–H and O–H groups in total. The summed E-state index contributed by atoms with van der Waals surface area (Å²) in [7, 11) is 0. The van der Waals surface area contributed by atoms with Crippen molar-refractivity contribution in [3.8, 4) is 33.4 Å². The Balaban J connectivity index is 0.928. The van der Waals surface area contributed by atoms with Crippen LogP contribution >= 0.6 is 0 Å². The van der Waals surface area contributed by atoms with Gasteiger partial charge in [0.05, 0.1) is 0 Å². The predicted molar refractivity (Wildman–Crippen MR) is 179 cm³/mol. The number of benzene rings is 6. The molecule has 0 atom stereocenters. The molecule has 198 valence electrons. The molecule has 2 aliphatic carbocycles. The molecule has 0 heterocycles. The summed E-state index contributed by atoms with van der Waals surface area (Å²) in [6, 6.07) is 48.8. The Hall–Kier alpha value is -5.20. The van der Waals surface area contributed by atoms with E-state index in [1.165, 1.54) is 77.9 Å². The van der Waals surface area contributed by atoms with Crippen LogP contribution in [-0.2, 0) is 12.8 Å². The Morgan fingerprint density at radius 2 is 0.667 bits per heavy atom. The summed E-state index contributed by atoms with van der Waals surface area (Å²) in [6.45, 7) is 0. The molecule has 0 nitrogen and oxygen atoms in total. The van der Waals surface area contributed by atoms with E-state index >= 15 is 0 Å². The molecule has 0 spiro atoms. The van der Waals surface area contributed by atoms with Gasteiger partial charge in [0, 0.05) is 0 Å². The van der Waals surface area contributed by atoms with Crippen molar-refractivity contribution in [2.24, 2.45) is 0 Å². The van der Waals surface area contributed by atoms with Crippen LogP contribution in [0.2, 0.25) is 0 Å². The van der Waals surface area contributed by atoms with Gasteiger partial charge in [-0.1, -0.05) is 158 Å². The summed E-state index contributed by atoms with van der Waals surface area (Å²) < 4.78 is 0. The summed E-state index contributed by atoms with van der Waals surface area (Å²) in [4.78, 5) is 0. The molecule has 0 fully saturated rings. The third-order valence-electron chi connectivity index (χ3n) is 8.73. The van der Waals surface area contributed by atoms with Crippen molar-refractivity contribution in [2.45, 2.75) is 12.8 Å². The lowest BCUT2D eigenvalue weighted by Crippen LogP contribution is -1.83. The fraction of sp³-hybridized carbons (Fsp3) is 0.0476. The first kappa shape index (κ1) is 24.6. The molecule has 0 amide bonds. The van der Waals surface area contributed by atoms with Crippen molar-refractivity contribution in [1.29, 1.82) is 0 Å². The Morgan fingerprint density at radius 1 is 0.310 bits per heavy atom. The zero-order valence-corrected chi connectivity index (χ0v) is 23.4. The van der Waals surface area contributed by atoms with E-state index in [-0.39, 0.29) is 0 Å². The zero-order chi connectivity index (χ0) is 27.9. The Morgan fingerprint density at radius 3 is 1.12 bits per heavy atom. The average molecular weight is 535 g/mol. The highest BCUT2D eigenvalue weighted by Gasteiger charge is 2.18. The van der Waals surface area contributed by atoms with Crippen molar-refractivity contribution in [3.63, 3.8) is 0 Å². The molecule has 6 aromatic carbocycles. The maximum absolute atomic E-state index is 2.33. The van der Waals surface area contributed by atoms with Crippen molar-refractivity contribution in [2.75, 3.05) is 0 Å². The van der Waals surface area contributed by atoms with E-state index in [1.54, 1.807) is 0 Å². The Labute approximate surface area is 248 Å². The Bertz CT molecular complexity index is 1850. The minimum atomic E-state index is 1.03. The Kier molecular flexibility index (Phi) is 6.04. The first-order valence-electron chi connectivity index (χ1n) is 14.8. The predicted octanol–water partition coefficient (Wildman–Crippen LogP) is 10.8. The van der Waals surface area contributed by atoms with Crippen LogP contribution in [0.25, 0.3) is 57.7 Å². The fourth-order valence-corrected chi connectivity index (χ4v) is 6.50. The van der Waals surface area contributed by atoms with E-state index in [0.29, 0.717) is 0 Å². The standard InChI is InChI=1S/C42H30/c1-3-7-39-35(5-1)27-37-25-31(17-23-41(37)39)11-9-29-13-19-33(20-14-29)34-21-15-30(16-22-34)10-12-32-18-24-42-38(26-32)28-36-6-2-4-8-40(36)42/h1-26H,27-28H2. The lowest BCUT2D eigenvalue weighted by Gasteiger charge is -2.05. The molecular weight excluding hydrogens is 504 g/mol. The van der Waals surface area contributed by atoms with Crippen LogP contribution in [0.4, 0.5) is 0 Å². The second-order valence-electron chi connectivity index (χ2n) is 11.4. The maximum atomic E-state index is 2.33. The number of fused-ring (bicyclic) bond motifs is 6. The molecule has 0 radical (unpaired) electrons. The van der Waals surface area contributed by atoms with Gasteiger partial charge in [0.15, 0.2) is 0 Å². The quantitative estimate of drug-likeness (QED) is 0.193. The monoisotopic (exact) mass is 534 g/mol. The first-order valence-corrected chi connectivity index (χ1v) is 14.8. The van der Waals surface area contributed by atoms with Crippen LogP contribution < -0.4 is 0 Å². The highest BCUT2D eigenvalue weighted by molar-refractivity contribution is 5.81. The first-order chi connectivity index (χ1) is 20.8. The molecule has 0 heteroatoms. The molecule has 8 rings (SSSR count). The van der Waals surface area contributed by atoms with Crippen molar-refractivity contribution >= 4 is 24.3 Å². The molecule has 2 aliphatic rings. The topological polar surface area (TPSA) is 0 Å². The molecule has 0 saturated carbocycles. The third-order valence-corrected chi connectivity index (χ3v) is 8.73. The minimum Gasteiger partial charge on any atom is -0.0619 e. The molecule has 0 unspecified atom stereocenters. The molecule has 0 aliphatic heterocycles. The molecule has 0 saturated heterocycles. The van der Waals surface area contributed by atoms with Crippen LogP contribution in [0.3, 0.4) is 0 Å². The molecule has 42 heavy (non-hydrogen) atoms. The van der Waals surface area contributed by atoms with Gasteiger partial charge in [0.25, 0.3) is 0 Å². The van der Waals surface area contributed by atoms with Gasteiger partial charge in [-0.2, -0.15) is 0 Å². The van der Waals surface area contributed by atoms with Gasteiger partial charge in [-0.25, -0.2) is 0 Å². The SMILES string of the molecule is C(=Cc1ccc2c(c1)Cc1ccccc1-2)c1ccc(-c2ccc(C=Cc3ccc4c(c3)Cc3ccccc3-4)cc2)cc1. The lowest BCUT2D eigenvalue weighted by atomic mass is 10.0. The van der Waals surface area contributed by atoms with Crippen LogP contribution in [0, 0.1) is 0 Å². The summed E-state index contributed by atoms with van der Waals surface area (Å²) in [5, 5.41) is 0. The maximum Gasteiger partial charge on any atom is -0.00132 e. The van der Waals surface area contributed by atoms with Gasteiger partial charge in [-0.15, -0.1) is 0 Å². The van der Waals surface area contributed by atoms with Crippen LogP contribution in [0.1, 0.15) is 44.5 Å². The molecular formula is C42H30. The fourth-order valence-electron chi connectivity index (χ4n) is 6.50. The summed E-state index contributed by atoms with van der Waals surface area (Å²) in [5.74, 6) is 0. The van der Waals surface area contributed by atoms with Gasteiger partial charge in [0.2, 0.25) is 0 Å². The summed E-state index contributed by atoms with van der Waals surface area (Å²) >= 11 is 0. The van der Waals surface area contributed by atoms with Crippen LogP contribution in [0.15, 0.2) is 133 Å². The van der Waals surface area contributed by atoms with E-state index in [2.05, 4.69) is 158 Å². The van der Waals surface area contributed by atoms with E-state index in [9.17, 15) is 0 Å². The number of hydrogen-bond donors (Lipinski definition) is 0. The van der Waals surface area contributed by atoms with E-state index in [4.69, 9.17) is 0 Å². The largest absolute Gasteiger partial charge is 0.0619 e. The smallest absolute Gasteiger partial charge is 0.00132 e. The summed E-state index contributed by atoms with van der Waals surface area (Å²) in [6.07, 6.45) is 10.9.